The van der Waals surface area contributed by atoms with Gasteiger partial charge in [-0.1, -0.05) is 29.4 Å². The summed E-state index contributed by atoms with van der Waals surface area (Å²) >= 11 is 14.3. The molecule has 1 saturated heterocycles. The highest BCUT2D eigenvalue weighted by molar-refractivity contribution is 8.01. The van der Waals surface area contributed by atoms with Crippen molar-refractivity contribution in [3.63, 3.8) is 0 Å². The number of rotatable bonds is 4. The van der Waals surface area contributed by atoms with E-state index < -0.39 is 11.8 Å². The van der Waals surface area contributed by atoms with E-state index in [-0.39, 0.29) is 10.7 Å². The molecule has 0 aliphatic carbocycles. The van der Waals surface area contributed by atoms with Gasteiger partial charge in [-0.05, 0) is 91.8 Å². The summed E-state index contributed by atoms with van der Waals surface area (Å²) in [6.07, 6.45) is 1.62. The van der Waals surface area contributed by atoms with Crippen LogP contribution in [-0.2, 0) is 9.59 Å². The number of thiocarbonyl (C=S) groups is 1. The van der Waals surface area contributed by atoms with Gasteiger partial charge in [0.15, 0.2) is 5.11 Å². The summed E-state index contributed by atoms with van der Waals surface area (Å²) in [6.45, 7) is 3.91. The van der Waals surface area contributed by atoms with E-state index >= 15 is 0 Å². The number of carbonyl (C=O) groups is 2. The van der Waals surface area contributed by atoms with Gasteiger partial charge in [0, 0.05) is 14.8 Å². The van der Waals surface area contributed by atoms with Gasteiger partial charge in [0.1, 0.15) is 5.57 Å². The molecule has 2 aromatic carbocycles. The van der Waals surface area contributed by atoms with E-state index in [1.54, 1.807) is 17.8 Å². The van der Waals surface area contributed by atoms with Crippen LogP contribution < -0.4 is 10.2 Å². The average molecular weight is 485 g/mol. The van der Waals surface area contributed by atoms with Gasteiger partial charge in [0.05, 0.1) is 9.90 Å². The summed E-state index contributed by atoms with van der Waals surface area (Å²) in [7, 11) is 0. The minimum Gasteiger partial charge on any atom is -0.298 e. The largest absolute Gasteiger partial charge is 0.298 e. The number of hydrogen-bond donors (Lipinski definition) is 1. The number of hydrogen-bond acceptors (Lipinski definition) is 5. The molecule has 2 heterocycles. The van der Waals surface area contributed by atoms with Crippen molar-refractivity contribution in [3.8, 4) is 0 Å². The zero-order valence-corrected chi connectivity index (χ0v) is 19.8. The molecule has 1 aromatic heterocycles. The summed E-state index contributed by atoms with van der Waals surface area (Å²) in [5.41, 5.74) is 2.71. The van der Waals surface area contributed by atoms with E-state index in [0.29, 0.717) is 10.7 Å². The maximum absolute atomic E-state index is 13.2. The van der Waals surface area contributed by atoms with Crippen molar-refractivity contribution in [1.82, 2.24) is 5.32 Å². The molecule has 1 fully saturated rings. The van der Waals surface area contributed by atoms with Gasteiger partial charge < -0.3 is 0 Å². The Morgan fingerprint density at radius 3 is 2.39 bits per heavy atom. The van der Waals surface area contributed by atoms with Gasteiger partial charge in [0.25, 0.3) is 11.8 Å². The molecule has 156 valence electrons. The highest BCUT2D eigenvalue weighted by Gasteiger charge is 2.34. The van der Waals surface area contributed by atoms with Crippen molar-refractivity contribution in [3.05, 3.63) is 81.2 Å². The fourth-order valence-corrected chi connectivity index (χ4v) is 5.67. The smallest absolute Gasteiger partial charge is 0.270 e. The summed E-state index contributed by atoms with van der Waals surface area (Å²) < 4.78 is 1.04. The number of thiophene rings is 1. The lowest BCUT2D eigenvalue weighted by Crippen LogP contribution is -2.54. The van der Waals surface area contributed by atoms with Crippen molar-refractivity contribution >= 4 is 75.6 Å². The van der Waals surface area contributed by atoms with Crippen LogP contribution in [0.5, 0.6) is 0 Å². The molecule has 31 heavy (non-hydrogen) atoms. The van der Waals surface area contributed by atoms with Crippen molar-refractivity contribution in [1.29, 1.82) is 0 Å². The normalized spacial score (nSPS) is 15.5. The maximum atomic E-state index is 13.2. The molecule has 0 bridgehead atoms. The standard InChI is InChI=1S/C23H17ClN2O2S3/c1-13-9-14(2)11-16(10-13)26-22(28)19(21(27)25-23(26)29)12-18-7-8-20(31-18)30-17-5-3-15(24)4-6-17/h3-12H,1-2H3,(H,25,27,29)/b19-12+. The van der Waals surface area contributed by atoms with Crippen LogP contribution in [0, 0.1) is 13.8 Å². The van der Waals surface area contributed by atoms with Crippen LogP contribution in [0.15, 0.2) is 69.3 Å². The number of aryl methyl sites for hydroxylation is 2. The molecule has 4 nitrogen and oxygen atoms in total. The van der Waals surface area contributed by atoms with Crippen molar-refractivity contribution < 1.29 is 9.59 Å². The van der Waals surface area contributed by atoms with Gasteiger partial charge in [-0.15, -0.1) is 11.3 Å². The Balaban J connectivity index is 1.61. The highest BCUT2D eigenvalue weighted by Crippen LogP contribution is 2.35. The molecule has 1 aliphatic rings. The van der Waals surface area contributed by atoms with Crippen LogP contribution in [0.4, 0.5) is 5.69 Å². The lowest BCUT2D eigenvalue weighted by atomic mass is 10.1. The first-order valence-corrected chi connectivity index (χ1v) is 11.7. The fraction of sp³-hybridized carbons (Fsp3) is 0.0870. The molecule has 1 N–H and O–H groups in total. The van der Waals surface area contributed by atoms with Gasteiger partial charge >= 0.3 is 0 Å². The molecule has 1 aliphatic heterocycles. The lowest BCUT2D eigenvalue weighted by Gasteiger charge is -2.29. The Hall–Kier alpha value is -2.45. The van der Waals surface area contributed by atoms with Crippen LogP contribution in [0.1, 0.15) is 16.0 Å². The van der Waals surface area contributed by atoms with Crippen molar-refractivity contribution in [2.45, 2.75) is 23.0 Å². The van der Waals surface area contributed by atoms with E-state index in [1.165, 1.54) is 16.2 Å². The third-order valence-corrected chi connectivity index (χ3v) is 7.20. The first kappa shape index (κ1) is 21.8. The van der Waals surface area contributed by atoms with E-state index in [0.717, 1.165) is 25.1 Å². The second-order valence-corrected chi connectivity index (χ2v) is 10.3. The predicted molar refractivity (Wildman–Crippen MR) is 132 cm³/mol. The number of carbonyl (C=O) groups excluding carboxylic acids is 2. The van der Waals surface area contributed by atoms with E-state index in [4.69, 9.17) is 23.8 Å². The molecule has 0 atom stereocenters. The Morgan fingerprint density at radius 2 is 1.71 bits per heavy atom. The third kappa shape index (κ3) is 4.91. The topological polar surface area (TPSA) is 49.4 Å². The molecular formula is C23H17ClN2O2S3. The zero-order valence-electron chi connectivity index (χ0n) is 16.6. The van der Waals surface area contributed by atoms with Crippen LogP contribution in [0.25, 0.3) is 6.08 Å². The van der Waals surface area contributed by atoms with Gasteiger partial charge in [-0.25, -0.2) is 0 Å². The molecule has 0 spiro atoms. The SMILES string of the molecule is Cc1cc(C)cc(N2C(=O)/C(=C/c3ccc(Sc4ccc(Cl)cc4)s3)C(=O)NC2=S)c1. The van der Waals surface area contributed by atoms with Gasteiger partial charge in [-0.3, -0.25) is 19.8 Å². The molecular weight excluding hydrogens is 468 g/mol. The van der Waals surface area contributed by atoms with Crippen LogP contribution in [0.3, 0.4) is 0 Å². The number of anilines is 1. The number of benzene rings is 2. The minimum atomic E-state index is -0.490. The molecule has 8 heteroatoms. The van der Waals surface area contributed by atoms with Gasteiger partial charge in [-0.2, -0.15) is 0 Å². The molecule has 2 amide bonds. The Morgan fingerprint density at radius 1 is 1.03 bits per heavy atom. The Labute approximate surface area is 198 Å². The van der Waals surface area contributed by atoms with E-state index in [9.17, 15) is 9.59 Å². The first-order chi connectivity index (χ1) is 14.8. The van der Waals surface area contributed by atoms with E-state index in [2.05, 4.69) is 5.32 Å². The van der Waals surface area contributed by atoms with Crippen molar-refractivity contribution in [2.75, 3.05) is 4.90 Å². The first-order valence-electron chi connectivity index (χ1n) is 9.33. The van der Waals surface area contributed by atoms with Crippen LogP contribution >= 0.6 is 46.9 Å². The predicted octanol–water partition coefficient (Wildman–Crippen LogP) is 6.00. The van der Waals surface area contributed by atoms with Crippen LogP contribution in [-0.4, -0.2) is 16.9 Å². The van der Waals surface area contributed by atoms with Crippen LogP contribution in [0.2, 0.25) is 5.02 Å². The van der Waals surface area contributed by atoms with Gasteiger partial charge in [0.2, 0.25) is 0 Å². The number of amides is 2. The Kier molecular flexibility index (Phi) is 6.29. The summed E-state index contributed by atoms with van der Waals surface area (Å²) in [5.74, 6) is -0.921. The quantitative estimate of drug-likeness (QED) is 0.280. The Bertz CT molecular complexity index is 1210. The number of nitrogens with one attached hydrogen (secondary N) is 1. The molecule has 3 aromatic rings. The minimum absolute atomic E-state index is 0.0534. The lowest BCUT2D eigenvalue weighted by molar-refractivity contribution is -0.122. The summed E-state index contributed by atoms with van der Waals surface area (Å²) in [6, 6.07) is 17.2. The average Bonchev–Trinajstić information content (AvgIpc) is 3.13. The number of halogens is 1. The maximum Gasteiger partial charge on any atom is 0.270 e. The van der Waals surface area contributed by atoms with E-state index in [1.807, 2.05) is 68.4 Å². The molecule has 0 saturated carbocycles. The summed E-state index contributed by atoms with van der Waals surface area (Å²) in [4.78, 5) is 29.0. The second-order valence-electron chi connectivity index (χ2n) is 7.02. The molecule has 0 radical (unpaired) electrons. The molecule has 4 rings (SSSR count). The monoisotopic (exact) mass is 484 g/mol. The van der Waals surface area contributed by atoms with Crippen molar-refractivity contribution in [2.24, 2.45) is 0 Å². The summed E-state index contributed by atoms with van der Waals surface area (Å²) in [5, 5.41) is 3.41. The third-order valence-electron chi connectivity index (χ3n) is 4.49. The highest BCUT2D eigenvalue weighted by atomic mass is 35.5. The second kappa shape index (κ2) is 8.96. The fourth-order valence-electron chi connectivity index (χ4n) is 3.20. The molecule has 0 unspecified atom stereocenters. The zero-order chi connectivity index (χ0) is 22.1. The number of nitrogens with zero attached hydrogens (tertiary/aromatic N) is 1.